The third kappa shape index (κ3) is 3.85. The number of hydrogen-bond donors (Lipinski definition) is 3. The predicted octanol–water partition coefficient (Wildman–Crippen LogP) is 1.92. The van der Waals surface area contributed by atoms with Crippen molar-refractivity contribution < 1.29 is 23.1 Å². The minimum Gasteiger partial charge on any atom is -0.477 e. The summed E-state index contributed by atoms with van der Waals surface area (Å²) in [7, 11) is 0. The van der Waals surface area contributed by atoms with Crippen LogP contribution in [0, 0.1) is 17.5 Å². The lowest BCUT2D eigenvalue weighted by Crippen LogP contribution is -2.51. The Kier molecular flexibility index (Phi) is 5.39. The summed E-state index contributed by atoms with van der Waals surface area (Å²) < 4.78 is 44.8. The van der Waals surface area contributed by atoms with Gasteiger partial charge in [0.25, 0.3) is 0 Å². The highest BCUT2D eigenvalue weighted by atomic mass is 19.1. The van der Waals surface area contributed by atoms with Crippen LogP contribution in [0.1, 0.15) is 10.4 Å². The average Bonchev–Trinajstić information content (AvgIpc) is 2.73. The molecule has 4 rings (SSSR count). The normalized spacial score (nSPS) is 15.4. The van der Waals surface area contributed by atoms with E-state index in [1.165, 1.54) is 12.1 Å². The highest BCUT2D eigenvalue weighted by molar-refractivity contribution is 5.94. The molecule has 1 aliphatic heterocycles. The molecule has 1 aromatic heterocycles. The number of carboxylic acids is 1. The Hall–Kier alpha value is -3.41. The van der Waals surface area contributed by atoms with Crippen molar-refractivity contribution >= 4 is 22.6 Å². The number of aromatic carboxylic acids is 1. The molecule has 3 aromatic rings. The number of halogens is 3. The number of hydrazine groups is 2. The summed E-state index contributed by atoms with van der Waals surface area (Å²) in [6, 6.07) is 5.59. The fraction of sp³-hybridized carbons (Fsp3) is 0.200. The second kappa shape index (κ2) is 8.02. The van der Waals surface area contributed by atoms with E-state index in [9.17, 15) is 23.5 Å². The lowest BCUT2D eigenvalue weighted by atomic mass is 10.1. The summed E-state index contributed by atoms with van der Waals surface area (Å²) in [5.74, 6) is 1.46. The van der Waals surface area contributed by atoms with Gasteiger partial charge in [-0.15, -0.1) is 0 Å². The summed E-state index contributed by atoms with van der Waals surface area (Å²) in [6.45, 7) is 1.75. The number of nitrogens with one attached hydrogen (secondary N) is 1. The summed E-state index contributed by atoms with van der Waals surface area (Å²) in [5, 5.41) is 12.1. The maximum absolute atomic E-state index is 15.6. The molecule has 1 aliphatic rings. The first-order chi connectivity index (χ1) is 14.8. The molecule has 2 aromatic carbocycles. The topological polar surface area (TPSA) is 104 Å². The molecule has 0 saturated carbocycles. The molecule has 1 saturated heterocycles. The molecule has 31 heavy (non-hydrogen) atoms. The molecule has 8 nitrogen and oxygen atoms in total. The number of anilines is 1. The smallest absolute Gasteiger partial charge is 0.341 e. The van der Waals surface area contributed by atoms with Crippen LogP contribution in [-0.4, -0.2) is 51.8 Å². The number of hydrogen-bond acceptors (Lipinski definition) is 6. The molecule has 0 amide bonds. The van der Waals surface area contributed by atoms with Gasteiger partial charge in [-0.05, 0) is 30.3 Å². The third-order valence-electron chi connectivity index (χ3n) is 5.10. The first-order valence-electron chi connectivity index (χ1n) is 9.34. The van der Waals surface area contributed by atoms with Gasteiger partial charge in [-0.3, -0.25) is 10.6 Å². The third-order valence-corrected chi connectivity index (χ3v) is 5.10. The molecule has 1 fully saturated rings. The number of fused-ring (bicyclic) bond motifs is 1. The Morgan fingerprint density at radius 2 is 1.71 bits per heavy atom. The number of aromatic nitrogens is 1. The van der Waals surface area contributed by atoms with Gasteiger partial charge in [-0.2, -0.15) is 0 Å². The number of carbonyl (C=O) groups is 1. The van der Waals surface area contributed by atoms with E-state index in [4.69, 9.17) is 5.84 Å². The van der Waals surface area contributed by atoms with E-state index in [1.54, 1.807) is 10.0 Å². The van der Waals surface area contributed by atoms with E-state index in [0.29, 0.717) is 26.2 Å². The van der Waals surface area contributed by atoms with Crippen molar-refractivity contribution in [3.8, 4) is 5.69 Å². The van der Waals surface area contributed by atoms with Gasteiger partial charge in [0.1, 0.15) is 17.1 Å². The van der Waals surface area contributed by atoms with Gasteiger partial charge >= 0.3 is 5.97 Å². The largest absolute Gasteiger partial charge is 0.477 e. The molecular formula is C20H18F3N5O3. The lowest BCUT2D eigenvalue weighted by molar-refractivity contribution is 0.0695. The average molecular weight is 433 g/mol. The number of pyridine rings is 1. The summed E-state index contributed by atoms with van der Waals surface area (Å²) in [4.78, 5) is 24.1. The van der Waals surface area contributed by atoms with Crippen molar-refractivity contribution in [2.75, 3.05) is 31.6 Å². The summed E-state index contributed by atoms with van der Waals surface area (Å²) in [5.41, 5.74) is 0.364. The quantitative estimate of drug-likeness (QED) is 0.540. The fourth-order valence-electron chi connectivity index (χ4n) is 3.47. The molecule has 0 unspecified atom stereocenters. The molecule has 2 heterocycles. The molecule has 0 radical (unpaired) electrons. The molecule has 162 valence electrons. The standard InChI is InChI=1S/C20H18F3N5O3/c21-11-1-3-12(4-2-11)28-10-14(20(30)31)19(29)13-9-15(22)17(16(23)18(13)28)25-27-7-5-26(24)6-8-27/h1-4,9-10,25H,5-8,24H2,(H,30,31). The Labute approximate surface area is 173 Å². The SMILES string of the molecule is NN1CCN(Nc2c(F)cc3c(=O)c(C(=O)O)cn(-c4ccc(F)cc4)c3c2F)CC1. The second-order valence-electron chi connectivity index (χ2n) is 7.10. The van der Waals surface area contributed by atoms with Crippen molar-refractivity contribution in [1.29, 1.82) is 0 Å². The van der Waals surface area contributed by atoms with E-state index in [1.807, 2.05) is 0 Å². The van der Waals surface area contributed by atoms with Gasteiger partial charge in [0.15, 0.2) is 11.6 Å². The molecular weight excluding hydrogens is 415 g/mol. The zero-order valence-electron chi connectivity index (χ0n) is 16.1. The number of nitrogens with zero attached hydrogens (tertiary/aromatic N) is 3. The van der Waals surface area contributed by atoms with E-state index >= 15 is 4.39 Å². The molecule has 0 bridgehead atoms. The van der Waals surface area contributed by atoms with Crippen LogP contribution in [0.3, 0.4) is 0 Å². The van der Waals surface area contributed by atoms with Gasteiger partial charge in [0.2, 0.25) is 5.43 Å². The van der Waals surface area contributed by atoms with Crippen molar-refractivity contribution in [3.63, 3.8) is 0 Å². The molecule has 0 spiro atoms. The zero-order valence-corrected chi connectivity index (χ0v) is 16.1. The van der Waals surface area contributed by atoms with E-state index in [2.05, 4.69) is 5.43 Å². The predicted molar refractivity (Wildman–Crippen MR) is 107 cm³/mol. The Bertz CT molecular complexity index is 1220. The Morgan fingerprint density at radius 3 is 2.32 bits per heavy atom. The highest BCUT2D eigenvalue weighted by Crippen LogP contribution is 2.29. The van der Waals surface area contributed by atoms with Crippen LogP contribution in [0.5, 0.6) is 0 Å². The fourth-order valence-corrected chi connectivity index (χ4v) is 3.47. The number of benzene rings is 2. The van der Waals surface area contributed by atoms with E-state index < -0.39 is 45.5 Å². The Balaban J connectivity index is 1.94. The van der Waals surface area contributed by atoms with Crippen LogP contribution in [-0.2, 0) is 0 Å². The maximum atomic E-state index is 15.6. The zero-order chi connectivity index (χ0) is 22.3. The maximum Gasteiger partial charge on any atom is 0.341 e. The number of nitrogens with two attached hydrogens (primary N) is 1. The van der Waals surface area contributed by atoms with Crippen LogP contribution in [0.25, 0.3) is 16.6 Å². The van der Waals surface area contributed by atoms with Gasteiger partial charge < -0.3 is 15.1 Å². The van der Waals surface area contributed by atoms with Gasteiger partial charge in [-0.1, -0.05) is 0 Å². The monoisotopic (exact) mass is 433 g/mol. The Morgan fingerprint density at radius 1 is 1.06 bits per heavy atom. The van der Waals surface area contributed by atoms with Crippen LogP contribution in [0.15, 0.2) is 41.3 Å². The number of piperazine rings is 1. The highest BCUT2D eigenvalue weighted by Gasteiger charge is 2.24. The first kappa shape index (κ1) is 20.8. The summed E-state index contributed by atoms with van der Waals surface area (Å²) in [6.07, 6.45) is 0.943. The van der Waals surface area contributed by atoms with Crippen LogP contribution in [0.4, 0.5) is 18.9 Å². The molecule has 4 N–H and O–H groups in total. The van der Waals surface area contributed by atoms with Crippen molar-refractivity contribution in [1.82, 2.24) is 14.6 Å². The van der Waals surface area contributed by atoms with E-state index in [0.717, 1.165) is 29.0 Å². The minimum atomic E-state index is -1.55. The van der Waals surface area contributed by atoms with Gasteiger partial charge in [0.05, 0.1) is 10.9 Å². The van der Waals surface area contributed by atoms with Crippen molar-refractivity contribution in [2.24, 2.45) is 5.84 Å². The number of carboxylic acid groups (broad SMARTS) is 1. The van der Waals surface area contributed by atoms with Crippen molar-refractivity contribution in [3.05, 3.63) is 69.8 Å². The van der Waals surface area contributed by atoms with Gasteiger partial charge in [-0.25, -0.2) is 28.0 Å². The molecule has 0 aliphatic carbocycles. The first-order valence-corrected chi connectivity index (χ1v) is 9.34. The van der Waals surface area contributed by atoms with E-state index in [-0.39, 0.29) is 11.2 Å². The lowest BCUT2D eigenvalue weighted by Gasteiger charge is -2.33. The number of rotatable bonds is 4. The second-order valence-corrected chi connectivity index (χ2v) is 7.10. The minimum absolute atomic E-state index is 0.196. The molecule has 11 heteroatoms. The van der Waals surface area contributed by atoms with Crippen LogP contribution < -0.4 is 16.7 Å². The van der Waals surface area contributed by atoms with Crippen LogP contribution in [0.2, 0.25) is 0 Å². The van der Waals surface area contributed by atoms with Gasteiger partial charge in [0, 0.05) is 38.1 Å². The summed E-state index contributed by atoms with van der Waals surface area (Å²) >= 11 is 0. The van der Waals surface area contributed by atoms with Crippen LogP contribution >= 0.6 is 0 Å². The molecule has 0 atom stereocenters. The van der Waals surface area contributed by atoms with Crippen molar-refractivity contribution in [2.45, 2.75) is 0 Å².